The minimum atomic E-state index is -0.385. The first-order chi connectivity index (χ1) is 9.25. The standard InChI is InChI=1S/C13H11N3O2S.ClH/c17-11-8-3-1-2-4-10(8)15-7-9(11)12(18)16-13-14-5-6-19-13;/h1-4,7H,5-6H2,(H,15,17)(H,14,16,18);1H. The Hall–Kier alpha value is -1.79. The second kappa shape index (κ2) is 6.11. The Labute approximate surface area is 125 Å². The third-order valence-electron chi connectivity index (χ3n) is 2.80. The lowest BCUT2D eigenvalue weighted by Crippen LogP contribution is -2.27. The highest BCUT2D eigenvalue weighted by molar-refractivity contribution is 8.14. The molecule has 0 saturated carbocycles. The van der Waals surface area contributed by atoms with Gasteiger partial charge in [-0.25, -0.2) is 0 Å². The van der Waals surface area contributed by atoms with Crippen molar-refractivity contribution in [3.63, 3.8) is 0 Å². The topological polar surface area (TPSA) is 74.6 Å². The molecule has 7 heteroatoms. The Morgan fingerprint density at radius 2 is 2.15 bits per heavy atom. The average molecular weight is 310 g/mol. The van der Waals surface area contributed by atoms with Crippen LogP contribution in [0.2, 0.25) is 0 Å². The molecule has 1 aliphatic rings. The number of hydrogen-bond donors (Lipinski definition) is 2. The lowest BCUT2D eigenvalue weighted by Gasteiger charge is -2.07. The van der Waals surface area contributed by atoms with Gasteiger partial charge in [0, 0.05) is 17.3 Å². The maximum Gasteiger partial charge on any atom is 0.262 e. The van der Waals surface area contributed by atoms with Crippen LogP contribution in [-0.4, -0.2) is 33.5 Å². The molecule has 20 heavy (non-hydrogen) atoms. The summed E-state index contributed by atoms with van der Waals surface area (Å²) in [6.07, 6.45) is 1.38. The molecule has 2 aromatic rings. The molecule has 104 valence electrons. The van der Waals surface area contributed by atoms with E-state index in [1.54, 1.807) is 18.2 Å². The number of aromatic nitrogens is 1. The predicted molar refractivity (Wildman–Crippen MR) is 82.9 cm³/mol. The summed E-state index contributed by atoms with van der Waals surface area (Å²) in [6, 6.07) is 7.14. The Morgan fingerprint density at radius 1 is 1.35 bits per heavy atom. The molecule has 0 saturated heterocycles. The van der Waals surface area contributed by atoms with Crippen LogP contribution < -0.4 is 5.32 Å². The van der Waals surface area contributed by atoms with Crippen molar-refractivity contribution in [3.8, 4) is 5.75 Å². The number of nitrogens with zero attached hydrogens (tertiary/aromatic N) is 2. The molecular weight excluding hydrogens is 298 g/mol. The summed E-state index contributed by atoms with van der Waals surface area (Å²) in [7, 11) is 0. The number of thioether (sulfide) groups is 1. The van der Waals surface area contributed by atoms with E-state index < -0.39 is 0 Å². The van der Waals surface area contributed by atoms with Crippen molar-refractivity contribution in [1.29, 1.82) is 0 Å². The number of para-hydroxylation sites is 1. The molecule has 2 N–H and O–H groups in total. The largest absolute Gasteiger partial charge is 0.506 e. The van der Waals surface area contributed by atoms with E-state index in [9.17, 15) is 9.90 Å². The van der Waals surface area contributed by atoms with E-state index in [-0.39, 0.29) is 29.6 Å². The van der Waals surface area contributed by atoms with Gasteiger partial charge >= 0.3 is 0 Å². The van der Waals surface area contributed by atoms with Gasteiger partial charge in [-0.05, 0) is 12.1 Å². The zero-order chi connectivity index (χ0) is 13.2. The second-order valence-electron chi connectivity index (χ2n) is 4.03. The van der Waals surface area contributed by atoms with Crippen LogP contribution in [0.1, 0.15) is 10.4 Å². The molecule has 5 nitrogen and oxygen atoms in total. The van der Waals surface area contributed by atoms with Crippen molar-refractivity contribution in [2.24, 2.45) is 4.99 Å². The van der Waals surface area contributed by atoms with Crippen LogP contribution in [0.25, 0.3) is 10.9 Å². The van der Waals surface area contributed by atoms with Crippen LogP contribution in [0.3, 0.4) is 0 Å². The van der Waals surface area contributed by atoms with Gasteiger partial charge in [0.15, 0.2) is 5.17 Å². The van der Waals surface area contributed by atoms with E-state index in [2.05, 4.69) is 15.3 Å². The minimum Gasteiger partial charge on any atom is -0.506 e. The summed E-state index contributed by atoms with van der Waals surface area (Å²) >= 11 is 1.49. The number of carbonyl (C=O) groups excluding carboxylic acids is 1. The Morgan fingerprint density at radius 3 is 2.90 bits per heavy atom. The van der Waals surface area contributed by atoms with E-state index in [4.69, 9.17) is 0 Å². The van der Waals surface area contributed by atoms with Crippen molar-refractivity contribution in [3.05, 3.63) is 36.0 Å². The maximum atomic E-state index is 12.1. The highest BCUT2D eigenvalue weighted by atomic mass is 35.5. The molecule has 3 rings (SSSR count). The summed E-state index contributed by atoms with van der Waals surface area (Å²) in [6.45, 7) is 0.711. The zero-order valence-electron chi connectivity index (χ0n) is 10.4. The molecule has 0 spiro atoms. The predicted octanol–water partition coefficient (Wildman–Crippen LogP) is 2.19. The maximum absolute atomic E-state index is 12.1. The number of halogens is 1. The van der Waals surface area contributed by atoms with Crippen LogP contribution in [0, 0.1) is 0 Å². The van der Waals surface area contributed by atoms with Crippen LogP contribution in [0.4, 0.5) is 0 Å². The number of hydrogen-bond acceptors (Lipinski definition) is 5. The molecule has 1 aliphatic heterocycles. The Bertz CT molecular complexity index is 690. The van der Waals surface area contributed by atoms with Gasteiger partial charge in [0.05, 0.1) is 12.1 Å². The second-order valence-corrected chi connectivity index (χ2v) is 5.11. The molecule has 1 aromatic heterocycles. The SMILES string of the molecule is Cl.O=C(NC1=NCCS1)c1cnc2ccccc2c1O. The van der Waals surface area contributed by atoms with E-state index in [0.29, 0.717) is 22.6 Å². The lowest BCUT2D eigenvalue weighted by molar-refractivity contribution is 0.0975. The van der Waals surface area contributed by atoms with Gasteiger partial charge in [-0.1, -0.05) is 23.9 Å². The number of amidine groups is 1. The van der Waals surface area contributed by atoms with Crippen LogP contribution in [0.15, 0.2) is 35.5 Å². The fourth-order valence-electron chi connectivity index (χ4n) is 1.87. The normalized spacial score (nSPS) is 13.7. The monoisotopic (exact) mass is 309 g/mol. The van der Waals surface area contributed by atoms with E-state index >= 15 is 0 Å². The molecular formula is C13H12ClN3O2S. The fourth-order valence-corrected chi connectivity index (χ4v) is 2.59. The fraction of sp³-hybridized carbons (Fsp3) is 0.154. The van der Waals surface area contributed by atoms with E-state index in [1.165, 1.54) is 18.0 Å². The van der Waals surface area contributed by atoms with Crippen molar-refractivity contribution in [1.82, 2.24) is 10.3 Å². The summed E-state index contributed by atoms with van der Waals surface area (Å²) in [5.74, 6) is 0.438. The number of aromatic hydroxyl groups is 1. The summed E-state index contributed by atoms with van der Waals surface area (Å²) < 4.78 is 0. The molecule has 0 unspecified atom stereocenters. The number of rotatable bonds is 1. The van der Waals surface area contributed by atoms with E-state index in [0.717, 1.165) is 5.75 Å². The van der Waals surface area contributed by atoms with Gasteiger partial charge in [0.25, 0.3) is 5.91 Å². The lowest BCUT2D eigenvalue weighted by atomic mass is 10.1. The first-order valence-electron chi connectivity index (χ1n) is 5.81. The summed E-state index contributed by atoms with van der Waals surface area (Å²) in [5, 5.41) is 14.0. The third-order valence-corrected chi connectivity index (χ3v) is 3.69. The number of amides is 1. The van der Waals surface area contributed by atoms with Crippen molar-refractivity contribution in [2.75, 3.05) is 12.3 Å². The minimum absolute atomic E-state index is 0. The van der Waals surface area contributed by atoms with Gasteiger partial charge in [-0.2, -0.15) is 0 Å². The average Bonchev–Trinajstić information content (AvgIpc) is 2.92. The smallest absolute Gasteiger partial charge is 0.262 e. The van der Waals surface area contributed by atoms with Gasteiger partial charge in [-0.3, -0.25) is 14.8 Å². The van der Waals surface area contributed by atoms with Crippen LogP contribution in [-0.2, 0) is 0 Å². The molecule has 0 fully saturated rings. The molecule has 0 radical (unpaired) electrons. The van der Waals surface area contributed by atoms with E-state index in [1.807, 2.05) is 6.07 Å². The van der Waals surface area contributed by atoms with Crippen LogP contribution >= 0.6 is 24.2 Å². The quantitative estimate of drug-likeness (QED) is 0.847. The molecule has 2 heterocycles. The number of fused-ring (bicyclic) bond motifs is 1. The number of aliphatic imine (C=N–C) groups is 1. The summed E-state index contributed by atoms with van der Waals surface area (Å²) in [5.41, 5.74) is 0.818. The summed E-state index contributed by atoms with van der Waals surface area (Å²) in [4.78, 5) is 20.4. The highest BCUT2D eigenvalue weighted by Gasteiger charge is 2.17. The first-order valence-corrected chi connectivity index (χ1v) is 6.79. The molecule has 1 aromatic carbocycles. The molecule has 1 amide bonds. The highest BCUT2D eigenvalue weighted by Crippen LogP contribution is 2.26. The number of carbonyl (C=O) groups is 1. The number of nitrogens with one attached hydrogen (secondary N) is 1. The zero-order valence-corrected chi connectivity index (χ0v) is 12.0. The van der Waals surface area contributed by atoms with Crippen molar-refractivity contribution in [2.45, 2.75) is 0 Å². The molecule has 0 aliphatic carbocycles. The molecule has 0 atom stereocenters. The Balaban J connectivity index is 0.00000147. The van der Waals surface area contributed by atoms with Gasteiger partial charge in [0.1, 0.15) is 11.3 Å². The number of pyridine rings is 1. The molecule has 0 bridgehead atoms. The third kappa shape index (κ3) is 2.71. The number of benzene rings is 1. The van der Waals surface area contributed by atoms with Gasteiger partial charge < -0.3 is 10.4 Å². The van der Waals surface area contributed by atoms with Gasteiger partial charge in [0.2, 0.25) is 0 Å². The first kappa shape index (κ1) is 14.6. The van der Waals surface area contributed by atoms with Crippen molar-refractivity contribution < 1.29 is 9.90 Å². The van der Waals surface area contributed by atoms with Crippen LogP contribution in [0.5, 0.6) is 5.75 Å². The van der Waals surface area contributed by atoms with Gasteiger partial charge in [-0.15, -0.1) is 12.4 Å². The van der Waals surface area contributed by atoms with Crippen molar-refractivity contribution >= 4 is 46.1 Å². The Kier molecular flexibility index (Phi) is 4.46.